The summed E-state index contributed by atoms with van der Waals surface area (Å²) >= 11 is 0. The Labute approximate surface area is 162 Å². The highest BCUT2D eigenvalue weighted by Gasteiger charge is 2.37. The predicted octanol–water partition coefficient (Wildman–Crippen LogP) is -0.169. The molecule has 0 spiro atoms. The Balaban J connectivity index is 1.62. The molecular formula is C17H21N3O7S. The number of carboxylic acid groups (broad SMARTS) is 1. The van der Waals surface area contributed by atoms with Gasteiger partial charge in [0.15, 0.2) is 0 Å². The van der Waals surface area contributed by atoms with Crippen LogP contribution in [0, 0.1) is 0 Å². The molecule has 10 nitrogen and oxygen atoms in total. The van der Waals surface area contributed by atoms with Gasteiger partial charge >= 0.3 is 5.97 Å². The lowest BCUT2D eigenvalue weighted by molar-refractivity contribution is -0.137. The quantitative estimate of drug-likeness (QED) is 0.564. The molecule has 0 unspecified atom stereocenters. The van der Waals surface area contributed by atoms with Gasteiger partial charge in [-0.25, -0.2) is 8.42 Å². The number of morpholine rings is 1. The van der Waals surface area contributed by atoms with E-state index in [4.69, 9.17) is 9.84 Å². The van der Waals surface area contributed by atoms with Crippen molar-refractivity contribution in [3.8, 4) is 0 Å². The highest BCUT2D eigenvalue weighted by molar-refractivity contribution is 7.92. The molecule has 0 atom stereocenters. The smallest absolute Gasteiger partial charge is 0.323 e. The summed E-state index contributed by atoms with van der Waals surface area (Å²) in [6.07, 6.45) is 0.448. The number of nitrogens with zero attached hydrogens (tertiary/aromatic N) is 2. The number of sulfonamides is 1. The molecule has 1 fully saturated rings. The molecule has 0 aromatic heterocycles. The first-order chi connectivity index (χ1) is 13.3. The van der Waals surface area contributed by atoms with Crippen LogP contribution in [0.25, 0.3) is 0 Å². The van der Waals surface area contributed by atoms with E-state index in [1.54, 1.807) is 0 Å². The molecule has 0 aliphatic carbocycles. The van der Waals surface area contributed by atoms with Gasteiger partial charge in [-0.2, -0.15) is 0 Å². The summed E-state index contributed by atoms with van der Waals surface area (Å²) in [4.78, 5) is 37.9. The van der Waals surface area contributed by atoms with Crippen molar-refractivity contribution < 1.29 is 32.6 Å². The summed E-state index contributed by atoms with van der Waals surface area (Å²) in [6, 6.07) is 3.97. The van der Waals surface area contributed by atoms with Gasteiger partial charge in [0, 0.05) is 18.8 Å². The Morgan fingerprint density at radius 1 is 1.14 bits per heavy atom. The number of nitrogens with one attached hydrogen (secondary N) is 1. The Morgan fingerprint density at radius 2 is 1.82 bits per heavy atom. The highest BCUT2D eigenvalue weighted by Crippen LogP contribution is 2.26. The van der Waals surface area contributed by atoms with E-state index in [0.29, 0.717) is 31.1 Å². The molecule has 2 aliphatic heterocycles. The van der Waals surface area contributed by atoms with Gasteiger partial charge in [-0.15, -0.1) is 0 Å². The Bertz CT molecular complexity index is 894. The first kappa shape index (κ1) is 20.2. The van der Waals surface area contributed by atoms with E-state index in [-0.39, 0.29) is 22.6 Å². The van der Waals surface area contributed by atoms with Crippen LogP contribution in [-0.4, -0.2) is 86.3 Å². The van der Waals surface area contributed by atoms with Crippen molar-refractivity contribution in [2.24, 2.45) is 0 Å². The molecule has 11 heteroatoms. The monoisotopic (exact) mass is 411 g/mol. The number of amides is 2. The molecule has 3 rings (SSSR count). The lowest BCUT2D eigenvalue weighted by atomic mass is 10.1. The summed E-state index contributed by atoms with van der Waals surface area (Å²) < 4.78 is 32.3. The van der Waals surface area contributed by atoms with Gasteiger partial charge in [-0.1, -0.05) is 0 Å². The molecule has 2 aliphatic rings. The van der Waals surface area contributed by atoms with Crippen LogP contribution in [0.5, 0.6) is 0 Å². The molecule has 0 bridgehead atoms. The van der Waals surface area contributed by atoms with E-state index in [1.165, 1.54) is 18.2 Å². The topological polar surface area (TPSA) is 133 Å². The fourth-order valence-electron chi connectivity index (χ4n) is 3.17. The average molecular weight is 411 g/mol. The van der Waals surface area contributed by atoms with Crippen LogP contribution in [0.1, 0.15) is 27.1 Å². The molecule has 1 aromatic carbocycles. The number of carbonyl (C=O) groups is 3. The number of imide groups is 1. The summed E-state index contributed by atoms with van der Waals surface area (Å²) in [5.74, 6) is -2.85. The van der Waals surface area contributed by atoms with Crippen LogP contribution >= 0.6 is 0 Å². The summed E-state index contributed by atoms with van der Waals surface area (Å²) in [6.45, 7) is 2.75. The first-order valence-electron chi connectivity index (χ1n) is 8.79. The van der Waals surface area contributed by atoms with Crippen molar-refractivity contribution in [1.82, 2.24) is 9.80 Å². The van der Waals surface area contributed by atoms with Gasteiger partial charge in [-0.3, -0.25) is 28.9 Å². The Morgan fingerprint density at radius 3 is 2.50 bits per heavy atom. The van der Waals surface area contributed by atoms with E-state index < -0.39 is 34.4 Å². The second-order valence-electron chi connectivity index (χ2n) is 6.58. The molecule has 1 saturated heterocycles. The van der Waals surface area contributed by atoms with Crippen molar-refractivity contribution in [2.75, 3.05) is 49.9 Å². The first-order valence-corrected chi connectivity index (χ1v) is 10.4. The van der Waals surface area contributed by atoms with Crippen LogP contribution in [0.2, 0.25) is 0 Å². The van der Waals surface area contributed by atoms with Gasteiger partial charge in [0.05, 0.1) is 30.1 Å². The van der Waals surface area contributed by atoms with Crippen molar-refractivity contribution in [3.05, 3.63) is 29.3 Å². The number of carbonyl (C=O) groups excluding carboxylic acids is 2. The van der Waals surface area contributed by atoms with Crippen LogP contribution in [0.15, 0.2) is 18.2 Å². The summed E-state index contributed by atoms with van der Waals surface area (Å²) in [5.41, 5.74) is 0.199. The maximum atomic E-state index is 12.3. The molecule has 2 heterocycles. The third kappa shape index (κ3) is 4.66. The fraction of sp³-hybridized carbons (Fsp3) is 0.471. The lowest BCUT2D eigenvalue weighted by Crippen LogP contribution is -2.37. The minimum absolute atomic E-state index is 0.0141. The van der Waals surface area contributed by atoms with Crippen LogP contribution < -0.4 is 4.72 Å². The van der Waals surface area contributed by atoms with Gasteiger partial charge in [0.1, 0.15) is 6.54 Å². The van der Waals surface area contributed by atoms with Crippen molar-refractivity contribution in [1.29, 1.82) is 0 Å². The molecule has 0 saturated carbocycles. The van der Waals surface area contributed by atoms with Crippen molar-refractivity contribution in [3.63, 3.8) is 0 Å². The number of benzene rings is 1. The second-order valence-corrected chi connectivity index (χ2v) is 8.42. The molecule has 2 amide bonds. The van der Waals surface area contributed by atoms with E-state index in [0.717, 1.165) is 13.1 Å². The minimum Gasteiger partial charge on any atom is -0.480 e. The highest BCUT2D eigenvalue weighted by atomic mass is 32.2. The SMILES string of the molecule is O=C(O)CN1C(=O)c2ccc(NS(=O)(=O)CCCN3CCOCC3)cc2C1=O. The van der Waals surface area contributed by atoms with Crippen LogP contribution in [0.3, 0.4) is 0 Å². The largest absolute Gasteiger partial charge is 0.480 e. The third-order valence-electron chi connectivity index (χ3n) is 4.53. The van der Waals surface area contributed by atoms with E-state index in [1.807, 2.05) is 0 Å². The van der Waals surface area contributed by atoms with Crippen molar-refractivity contribution >= 4 is 33.5 Å². The van der Waals surface area contributed by atoms with Gasteiger partial charge in [0.25, 0.3) is 11.8 Å². The zero-order chi connectivity index (χ0) is 20.3. The summed E-state index contributed by atoms with van der Waals surface area (Å²) in [5, 5.41) is 8.82. The lowest BCUT2D eigenvalue weighted by Gasteiger charge is -2.26. The van der Waals surface area contributed by atoms with Gasteiger partial charge in [0.2, 0.25) is 10.0 Å². The Kier molecular flexibility index (Phi) is 5.96. The molecule has 1 aromatic rings. The maximum absolute atomic E-state index is 12.3. The normalized spacial score (nSPS) is 17.6. The molecule has 152 valence electrons. The number of hydrogen-bond donors (Lipinski definition) is 2. The van der Waals surface area contributed by atoms with E-state index >= 15 is 0 Å². The van der Waals surface area contributed by atoms with Crippen molar-refractivity contribution in [2.45, 2.75) is 6.42 Å². The van der Waals surface area contributed by atoms with Crippen LogP contribution in [0.4, 0.5) is 5.69 Å². The standard InChI is InChI=1S/C17H21N3O7S/c21-15(22)11-20-16(23)13-3-2-12(10-14(13)17(20)24)18-28(25,26)9-1-4-19-5-7-27-8-6-19/h2-3,10,18H,1,4-9,11H2,(H,21,22). The van der Waals surface area contributed by atoms with Gasteiger partial charge in [-0.05, 0) is 31.2 Å². The molecular weight excluding hydrogens is 390 g/mol. The fourth-order valence-corrected chi connectivity index (χ4v) is 4.26. The zero-order valence-electron chi connectivity index (χ0n) is 15.1. The molecule has 2 N–H and O–H groups in total. The number of rotatable bonds is 8. The number of fused-ring (bicyclic) bond motifs is 1. The maximum Gasteiger partial charge on any atom is 0.323 e. The summed E-state index contributed by atoms with van der Waals surface area (Å²) in [7, 11) is -3.63. The number of ether oxygens (including phenoxy) is 1. The predicted molar refractivity (Wildman–Crippen MR) is 98.7 cm³/mol. The minimum atomic E-state index is -3.63. The Hall–Kier alpha value is -2.50. The van der Waals surface area contributed by atoms with E-state index in [2.05, 4.69) is 9.62 Å². The average Bonchev–Trinajstić information content (AvgIpc) is 2.86. The number of anilines is 1. The van der Waals surface area contributed by atoms with E-state index in [9.17, 15) is 22.8 Å². The number of aliphatic carboxylic acids is 1. The number of hydrogen-bond acceptors (Lipinski definition) is 7. The third-order valence-corrected chi connectivity index (χ3v) is 5.90. The number of carboxylic acids is 1. The zero-order valence-corrected chi connectivity index (χ0v) is 15.9. The molecule has 0 radical (unpaired) electrons. The molecule has 28 heavy (non-hydrogen) atoms. The van der Waals surface area contributed by atoms with Gasteiger partial charge < -0.3 is 9.84 Å². The second kappa shape index (κ2) is 8.25. The van der Waals surface area contributed by atoms with Crippen LogP contribution in [-0.2, 0) is 19.6 Å².